The molecule has 0 N–H and O–H groups in total. The van der Waals surface area contributed by atoms with E-state index in [2.05, 4.69) is 0 Å². The summed E-state index contributed by atoms with van der Waals surface area (Å²) in [6.07, 6.45) is 0.622. The van der Waals surface area contributed by atoms with Crippen LogP contribution in [0.3, 0.4) is 0 Å². The molecule has 128 valence electrons. The molecule has 0 radical (unpaired) electrons. The molecule has 0 bridgehead atoms. The second kappa shape index (κ2) is 7.17. The highest BCUT2D eigenvalue weighted by atomic mass is 32.2. The molecule has 0 saturated heterocycles. The number of carbonyl (C=O) groups is 1. The first-order valence-corrected chi connectivity index (χ1v) is 9.43. The normalized spacial score (nSPS) is 11.8. The summed E-state index contributed by atoms with van der Waals surface area (Å²) in [6, 6.07) is 20.2. The van der Waals surface area contributed by atoms with Crippen molar-refractivity contribution in [3.63, 3.8) is 0 Å². The van der Waals surface area contributed by atoms with Gasteiger partial charge in [0.25, 0.3) is 0 Å². The van der Waals surface area contributed by atoms with E-state index in [4.69, 9.17) is 0 Å². The Morgan fingerprint density at radius 2 is 1.60 bits per heavy atom. The minimum absolute atomic E-state index is 0.149. The molecule has 0 spiro atoms. The average molecular weight is 353 g/mol. The molecule has 0 fully saturated rings. The van der Waals surface area contributed by atoms with Gasteiger partial charge in [0.15, 0.2) is 0 Å². The van der Waals surface area contributed by atoms with Crippen LogP contribution in [0.1, 0.15) is 11.1 Å². The fourth-order valence-corrected chi connectivity index (χ4v) is 4.15. The summed E-state index contributed by atoms with van der Waals surface area (Å²) < 4.78 is 27.1. The zero-order valence-electron chi connectivity index (χ0n) is 13.9. The predicted molar refractivity (Wildman–Crippen MR) is 98.8 cm³/mol. The maximum absolute atomic E-state index is 12.9. The fraction of sp³-hybridized carbons (Fsp3) is 0.150. The molecular weight excluding hydrogens is 334 g/mol. The van der Waals surface area contributed by atoms with E-state index < -0.39 is 10.0 Å². The maximum atomic E-state index is 12.9. The summed E-state index contributed by atoms with van der Waals surface area (Å²) in [7, 11) is -3.74. The first kappa shape index (κ1) is 17.3. The Kier molecular flexibility index (Phi) is 4.97. The minimum atomic E-state index is -3.74. The van der Waals surface area contributed by atoms with Gasteiger partial charge >= 0.3 is 0 Å². The van der Waals surface area contributed by atoms with Gasteiger partial charge < -0.3 is 4.79 Å². The monoisotopic (exact) mass is 353 g/mol. The Balaban J connectivity index is 2.01. The highest BCUT2D eigenvalue weighted by Crippen LogP contribution is 2.23. The molecule has 0 aliphatic heterocycles. The third kappa shape index (κ3) is 3.62. The number of benzene rings is 3. The third-order valence-electron chi connectivity index (χ3n) is 4.16. The van der Waals surface area contributed by atoms with Crippen LogP contribution in [0.2, 0.25) is 0 Å². The number of hydrogen-bond donors (Lipinski definition) is 0. The first-order chi connectivity index (χ1) is 12.0. The van der Waals surface area contributed by atoms with Crippen LogP contribution < -0.4 is 0 Å². The zero-order valence-corrected chi connectivity index (χ0v) is 14.7. The van der Waals surface area contributed by atoms with Crippen molar-refractivity contribution < 1.29 is 13.2 Å². The highest BCUT2D eigenvalue weighted by Gasteiger charge is 2.24. The van der Waals surface area contributed by atoms with Crippen molar-refractivity contribution in [2.24, 2.45) is 0 Å². The molecule has 0 unspecified atom stereocenters. The molecular formula is C20H19NO3S. The molecule has 25 heavy (non-hydrogen) atoms. The van der Waals surface area contributed by atoms with Crippen molar-refractivity contribution in [3.8, 4) is 0 Å². The Labute approximate surface area is 147 Å². The van der Waals surface area contributed by atoms with E-state index >= 15 is 0 Å². The van der Waals surface area contributed by atoms with Gasteiger partial charge in [0.05, 0.1) is 11.4 Å². The van der Waals surface area contributed by atoms with Crippen LogP contribution in [0, 0.1) is 6.92 Å². The molecule has 3 aromatic rings. The van der Waals surface area contributed by atoms with Gasteiger partial charge in [-0.15, -0.1) is 0 Å². The van der Waals surface area contributed by atoms with Crippen molar-refractivity contribution in [2.75, 3.05) is 6.54 Å². The van der Waals surface area contributed by atoms with Crippen molar-refractivity contribution >= 4 is 27.1 Å². The molecule has 0 aromatic heterocycles. The lowest BCUT2D eigenvalue weighted by Crippen LogP contribution is -2.32. The number of rotatable bonds is 6. The topological polar surface area (TPSA) is 54.5 Å². The van der Waals surface area contributed by atoms with E-state index in [1.807, 2.05) is 49.4 Å². The molecule has 0 amide bonds. The molecule has 0 saturated carbocycles. The van der Waals surface area contributed by atoms with Gasteiger partial charge in [0.2, 0.25) is 10.0 Å². The van der Waals surface area contributed by atoms with Gasteiger partial charge in [-0.05, 0) is 35.4 Å². The summed E-state index contributed by atoms with van der Waals surface area (Å²) in [5.74, 6) is 0. The number of carbonyl (C=O) groups excluding carboxylic acids is 1. The van der Waals surface area contributed by atoms with E-state index in [1.54, 1.807) is 24.3 Å². The SMILES string of the molecule is Cc1ccc(S(=O)(=O)N(CC=O)Cc2cccc3ccccc23)cc1. The third-order valence-corrected chi connectivity index (χ3v) is 5.99. The van der Waals surface area contributed by atoms with E-state index in [0.29, 0.717) is 6.29 Å². The number of aryl methyl sites for hydroxylation is 1. The molecule has 0 heterocycles. The van der Waals surface area contributed by atoms with Gasteiger partial charge in [-0.1, -0.05) is 60.2 Å². The van der Waals surface area contributed by atoms with Crippen LogP contribution in [0.4, 0.5) is 0 Å². The van der Waals surface area contributed by atoms with Gasteiger partial charge in [-0.25, -0.2) is 8.42 Å². The summed E-state index contributed by atoms with van der Waals surface area (Å²) >= 11 is 0. The Hall–Kier alpha value is -2.50. The van der Waals surface area contributed by atoms with Crippen LogP contribution >= 0.6 is 0 Å². The molecule has 4 nitrogen and oxygen atoms in total. The molecule has 0 aliphatic rings. The number of sulfonamides is 1. The van der Waals surface area contributed by atoms with Gasteiger partial charge in [0, 0.05) is 6.54 Å². The minimum Gasteiger partial charge on any atom is -0.302 e. The van der Waals surface area contributed by atoms with Crippen LogP contribution in [-0.2, 0) is 21.4 Å². The molecule has 3 rings (SSSR count). The van der Waals surface area contributed by atoms with Gasteiger partial charge in [0.1, 0.15) is 6.29 Å². The molecule has 5 heteroatoms. The Bertz CT molecular complexity index is 990. The smallest absolute Gasteiger partial charge is 0.243 e. The summed E-state index contributed by atoms with van der Waals surface area (Å²) in [4.78, 5) is 11.3. The standard InChI is InChI=1S/C20H19NO3S/c1-16-9-11-19(12-10-16)25(23,24)21(13-14-22)15-18-7-4-6-17-5-2-3-8-20(17)18/h2-12,14H,13,15H2,1H3. The summed E-state index contributed by atoms with van der Waals surface area (Å²) in [5.41, 5.74) is 1.85. The summed E-state index contributed by atoms with van der Waals surface area (Å²) in [5, 5.41) is 2.03. The molecule has 0 aliphatic carbocycles. The number of aldehydes is 1. The second-order valence-electron chi connectivity index (χ2n) is 5.92. The number of fused-ring (bicyclic) bond motifs is 1. The number of nitrogens with zero attached hydrogens (tertiary/aromatic N) is 1. The largest absolute Gasteiger partial charge is 0.302 e. The summed E-state index contributed by atoms with van der Waals surface area (Å²) in [6.45, 7) is 1.87. The fourth-order valence-electron chi connectivity index (χ4n) is 2.81. The lowest BCUT2D eigenvalue weighted by atomic mass is 10.0. The van der Waals surface area contributed by atoms with Crippen molar-refractivity contribution in [3.05, 3.63) is 77.9 Å². The predicted octanol–water partition coefficient (Wildman–Crippen LogP) is 3.54. The van der Waals surface area contributed by atoms with Crippen molar-refractivity contribution in [2.45, 2.75) is 18.4 Å². The van der Waals surface area contributed by atoms with E-state index in [9.17, 15) is 13.2 Å². The lowest BCUT2D eigenvalue weighted by Gasteiger charge is -2.21. The van der Waals surface area contributed by atoms with E-state index in [0.717, 1.165) is 21.9 Å². The van der Waals surface area contributed by atoms with Crippen LogP contribution in [0.5, 0.6) is 0 Å². The second-order valence-corrected chi connectivity index (χ2v) is 7.85. The van der Waals surface area contributed by atoms with Crippen LogP contribution in [0.15, 0.2) is 71.6 Å². The zero-order chi connectivity index (χ0) is 17.9. The Morgan fingerprint density at radius 1 is 0.920 bits per heavy atom. The van der Waals surface area contributed by atoms with Crippen molar-refractivity contribution in [1.82, 2.24) is 4.31 Å². The molecule has 3 aromatic carbocycles. The highest BCUT2D eigenvalue weighted by molar-refractivity contribution is 7.89. The Morgan fingerprint density at radius 3 is 2.32 bits per heavy atom. The average Bonchev–Trinajstić information content (AvgIpc) is 2.62. The molecule has 0 atom stereocenters. The quantitative estimate of drug-likeness (QED) is 0.637. The lowest BCUT2D eigenvalue weighted by molar-refractivity contribution is -0.108. The van der Waals surface area contributed by atoms with Crippen LogP contribution in [0.25, 0.3) is 10.8 Å². The first-order valence-electron chi connectivity index (χ1n) is 7.99. The van der Waals surface area contributed by atoms with E-state index in [1.165, 1.54) is 4.31 Å². The maximum Gasteiger partial charge on any atom is 0.243 e. The van der Waals surface area contributed by atoms with E-state index in [-0.39, 0.29) is 18.0 Å². The van der Waals surface area contributed by atoms with Gasteiger partial charge in [-0.2, -0.15) is 4.31 Å². The number of hydrogen-bond acceptors (Lipinski definition) is 3. The van der Waals surface area contributed by atoms with Crippen molar-refractivity contribution in [1.29, 1.82) is 0 Å². The van der Waals surface area contributed by atoms with Gasteiger partial charge in [-0.3, -0.25) is 0 Å². The van der Waals surface area contributed by atoms with Crippen LogP contribution in [-0.4, -0.2) is 25.6 Å².